The number of fused-ring (bicyclic) bond motifs is 1. The lowest BCUT2D eigenvalue weighted by molar-refractivity contribution is -0.114. The van der Waals surface area contributed by atoms with Crippen LogP contribution in [-0.2, 0) is 9.53 Å². The molecule has 0 radical (unpaired) electrons. The Bertz CT molecular complexity index is 787. The number of benzene rings is 1. The number of para-hydroxylation sites is 1. The Balaban J connectivity index is 2.35. The van der Waals surface area contributed by atoms with E-state index in [4.69, 9.17) is 9.47 Å². The number of anilines is 1. The number of ether oxygens (including phenoxy) is 2. The average Bonchev–Trinajstić information content (AvgIpc) is 2.58. The number of hydrogen-bond acceptors (Lipinski definition) is 5. The first-order chi connectivity index (χ1) is 13.4. The molecule has 1 aromatic carbocycles. The molecular weight excluding hydrogens is 374 g/mol. The second-order valence-electron chi connectivity index (χ2n) is 8.54. The predicted octanol–water partition coefficient (Wildman–Crippen LogP) is 2.98. The molecule has 1 aromatic rings. The summed E-state index contributed by atoms with van der Waals surface area (Å²) in [4.78, 5) is 39.9. The third-order valence-corrected chi connectivity index (χ3v) is 4.53. The highest BCUT2D eigenvalue weighted by molar-refractivity contribution is 6.01. The van der Waals surface area contributed by atoms with Crippen molar-refractivity contribution in [1.29, 1.82) is 0 Å². The fraction of sp³-hybridized carbons (Fsp3) is 0.571. The third kappa shape index (κ3) is 5.85. The number of nitrogens with zero attached hydrogens (tertiary/aromatic N) is 2. The number of carbonyl (C=O) groups excluding carboxylic acids is 3. The molecule has 2 rings (SSSR count). The van der Waals surface area contributed by atoms with E-state index < -0.39 is 17.8 Å². The molecular formula is C21H31N3O5. The maximum absolute atomic E-state index is 12.8. The summed E-state index contributed by atoms with van der Waals surface area (Å²) in [7, 11) is 3.38. The van der Waals surface area contributed by atoms with Gasteiger partial charge in [0.2, 0.25) is 5.91 Å². The summed E-state index contributed by atoms with van der Waals surface area (Å²) in [6, 6.07) is 5.06. The summed E-state index contributed by atoms with van der Waals surface area (Å²) in [5.74, 6) is -0.195. The van der Waals surface area contributed by atoms with Crippen molar-refractivity contribution in [2.24, 2.45) is 5.92 Å². The molecule has 1 heterocycles. The fourth-order valence-corrected chi connectivity index (χ4v) is 3.13. The van der Waals surface area contributed by atoms with Crippen LogP contribution in [0.25, 0.3) is 0 Å². The predicted molar refractivity (Wildman–Crippen MR) is 110 cm³/mol. The van der Waals surface area contributed by atoms with Gasteiger partial charge in [-0.05, 0) is 32.9 Å². The summed E-state index contributed by atoms with van der Waals surface area (Å²) in [5.41, 5.74) is 0.197. The number of likely N-dealkylation sites (N-methyl/N-ethyl adjacent to an activating group) is 1. The van der Waals surface area contributed by atoms with Crippen molar-refractivity contribution >= 4 is 23.6 Å². The molecule has 0 fully saturated rings. The Labute approximate surface area is 172 Å². The summed E-state index contributed by atoms with van der Waals surface area (Å²) in [6.45, 7) is 9.52. The minimum atomic E-state index is -0.601. The van der Waals surface area contributed by atoms with Gasteiger partial charge >= 0.3 is 6.09 Å². The summed E-state index contributed by atoms with van der Waals surface area (Å²) < 4.78 is 11.7. The van der Waals surface area contributed by atoms with Crippen LogP contribution in [0.3, 0.4) is 0 Å². The lowest BCUT2D eigenvalue weighted by atomic mass is 10.0. The molecule has 8 heteroatoms. The van der Waals surface area contributed by atoms with Crippen LogP contribution < -0.4 is 10.1 Å². The summed E-state index contributed by atoms with van der Waals surface area (Å²) in [6.07, 6.45) is -0.855. The molecule has 0 saturated heterocycles. The third-order valence-electron chi connectivity index (χ3n) is 4.53. The van der Waals surface area contributed by atoms with E-state index in [0.717, 1.165) is 0 Å². The lowest BCUT2D eigenvalue weighted by Gasteiger charge is -2.35. The van der Waals surface area contributed by atoms with Crippen molar-refractivity contribution < 1.29 is 23.9 Å². The molecule has 1 N–H and O–H groups in total. The molecule has 1 aliphatic heterocycles. The Kier molecular flexibility index (Phi) is 6.77. The Morgan fingerprint density at radius 3 is 2.59 bits per heavy atom. The Morgan fingerprint density at radius 2 is 2.00 bits per heavy atom. The number of hydrogen-bond donors (Lipinski definition) is 1. The minimum Gasteiger partial charge on any atom is -0.485 e. The lowest BCUT2D eigenvalue weighted by Crippen LogP contribution is -2.47. The molecule has 0 spiro atoms. The van der Waals surface area contributed by atoms with Gasteiger partial charge in [0.1, 0.15) is 11.7 Å². The molecule has 1 aliphatic rings. The number of carbonyl (C=O) groups is 3. The van der Waals surface area contributed by atoms with Crippen LogP contribution in [0.1, 0.15) is 45.0 Å². The second kappa shape index (κ2) is 8.71. The molecule has 3 amide bonds. The van der Waals surface area contributed by atoms with E-state index in [1.807, 2.05) is 27.7 Å². The van der Waals surface area contributed by atoms with Gasteiger partial charge in [-0.1, -0.05) is 13.0 Å². The van der Waals surface area contributed by atoms with Crippen LogP contribution in [0.15, 0.2) is 18.2 Å². The van der Waals surface area contributed by atoms with E-state index >= 15 is 0 Å². The minimum absolute atomic E-state index is 0.0626. The smallest absolute Gasteiger partial charge is 0.410 e. The van der Waals surface area contributed by atoms with Gasteiger partial charge in [-0.2, -0.15) is 0 Å². The van der Waals surface area contributed by atoms with E-state index in [1.165, 1.54) is 11.8 Å². The highest BCUT2D eigenvalue weighted by Crippen LogP contribution is 2.34. The highest BCUT2D eigenvalue weighted by atomic mass is 16.6. The molecule has 0 saturated carbocycles. The van der Waals surface area contributed by atoms with E-state index in [2.05, 4.69) is 5.32 Å². The topological polar surface area (TPSA) is 88.2 Å². The molecule has 29 heavy (non-hydrogen) atoms. The Hall–Kier alpha value is -2.77. The number of rotatable bonds is 3. The first-order valence-electron chi connectivity index (χ1n) is 9.66. The first kappa shape index (κ1) is 22.5. The van der Waals surface area contributed by atoms with Gasteiger partial charge in [-0.3, -0.25) is 9.59 Å². The molecule has 8 nitrogen and oxygen atoms in total. The zero-order valence-corrected chi connectivity index (χ0v) is 18.2. The maximum atomic E-state index is 12.8. The SMILES string of the molecule is CC(=O)Nc1cccc2c1O[C@H](CN(C)C(=O)OC(C)(C)C)[C@H](C)CN(C)C2=O. The van der Waals surface area contributed by atoms with Gasteiger partial charge in [-0.25, -0.2) is 4.79 Å². The van der Waals surface area contributed by atoms with Crippen molar-refractivity contribution in [1.82, 2.24) is 9.80 Å². The largest absolute Gasteiger partial charge is 0.485 e. The normalized spacial score (nSPS) is 19.4. The molecule has 0 aliphatic carbocycles. The van der Waals surface area contributed by atoms with E-state index in [9.17, 15) is 14.4 Å². The van der Waals surface area contributed by atoms with Crippen molar-refractivity contribution in [2.75, 3.05) is 32.5 Å². The van der Waals surface area contributed by atoms with E-state index in [-0.39, 0.29) is 24.3 Å². The van der Waals surface area contributed by atoms with E-state index in [1.54, 1.807) is 37.2 Å². The van der Waals surface area contributed by atoms with Gasteiger partial charge < -0.3 is 24.6 Å². The van der Waals surface area contributed by atoms with Crippen molar-refractivity contribution in [2.45, 2.75) is 46.3 Å². The second-order valence-corrected chi connectivity index (χ2v) is 8.54. The number of nitrogens with one attached hydrogen (secondary N) is 1. The van der Waals surface area contributed by atoms with Crippen LogP contribution in [0.5, 0.6) is 5.75 Å². The van der Waals surface area contributed by atoms with Crippen LogP contribution in [0.4, 0.5) is 10.5 Å². The van der Waals surface area contributed by atoms with Gasteiger partial charge in [-0.15, -0.1) is 0 Å². The van der Waals surface area contributed by atoms with Crippen molar-refractivity contribution in [3.8, 4) is 5.75 Å². The summed E-state index contributed by atoms with van der Waals surface area (Å²) in [5, 5.41) is 2.72. The molecule has 0 unspecified atom stereocenters. The standard InChI is InChI=1S/C21H31N3O5/c1-13-11-23(6)19(26)15-9-8-10-16(22-14(2)25)18(15)28-17(13)12-24(7)20(27)29-21(3,4)5/h8-10,13,17H,11-12H2,1-7H3,(H,22,25)/t13-,17-/m1/s1. The van der Waals surface area contributed by atoms with Crippen molar-refractivity contribution in [3.63, 3.8) is 0 Å². The van der Waals surface area contributed by atoms with Crippen LogP contribution >= 0.6 is 0 Å². The molecule has 0 aromatic heterocycles. The zero-order valence-electron chi connectivity index (χ0n) is 18.2. The summed E-state index contributed by atoms with van der Waals surface area (Å²) >= 11 is 0. The van der Waals surface area contributed by atoms with Gasteiger partial charge in [0.15, 0.2) is 5.75 Å². The number of amides is 3. The highest BCUT2D eigenvalue weighted by Gasteiger charge is 2.32. The Morgan fingerprint density at radius 1 is 1.34 bits per heavy atom. The van der Waals surface area contributed by atoms with Gasteiger partial charge in [0.05, 0.1) is 17.8 Å². The fourth-order valence-electron chi connectivity index (χ4n) is 3.13. The van der Waals surface area contributed by atoms with Crippen LogP contribution in [0.2, 0.25) is 0 Å². The quantitative estimate of drug-likeness (QED) is 0.835. The van der Waals surface area contributed by atoms with Crippen LogP contribution in [0, 0.1) is 5.92 Å². The maximum Gasteiger partial charge on any atom is 0.410 e. The monoisotopic (exact) mass is 405 g/mol. The van der Waals surface area contributed by atoms with Gasteiger partial charge in [0.25, 0.3) is 5.91 Å². The molecule has 2 atom stereocenters. The van der Waals surface area contributed by atoms with Crippen LogP contribution in [-0.4, -0.2) is 66.6 Å². The van der Waals surface area contributed by atoms with Crippen molar-refractivity contribution in [3.05, 3.63) is 23.8 Å². The first-order valence-corrected chi connectivity index (χ1v) is 9.66. The molecule has 0 bridgehead atoms. The van der Waals surface area contributed by atoms with E-state index in [0.29, 0.717) is 23.5 Å². The molecule has 160 valence electrons. The van der Waals surface area contributed by atoms with Gasteiger partial charge in [0, 0.05) is 33.5 Å². The average molecular weight is 405 g/mol. The zero-order chi connectivity index (χ0) is 21.9.